The van der Waals surface area contributed by atoms with Crippen molar-refractivity contribution in [3.05, 3.63) is 39.6 Å². The largest absolute Gasteiger partial charge is 0.512 e. The van der Waals surface area contributed by atoms with Gasteiger partial charge in [-0.3, -0.25) is 9.79 Å². The minimum absolute atomic E-state index is 0.0909. The summed E-state index contributed by atoms with van der Waals surface area (Å²) in [5, 5.41) is 10.4. The van der Waals surface area contributed by atoms with E-state index in [0.29, 0.717) is 35.0 Å². The Kier molecular flexibility index (Phi) is 4.04. The fourth-order valence-corrected chi connectivity index (χ4v) is 2.06. The molecule has 0 unspecified atom stereocenters. The van der Waals surface area contributed by atoms with Gasteiger partial charge in [0.25, 0.3) is 0 Å². The SMILES string of the molecule is O=C1CCCC(O)=C1C=Nc1cccc(Cl)c1Cl. The van der Waals surface area contributed by atoms with Gasteiger partial charge in [-0.25, -0.2) is 0 Å². The van der Waals surface area contributed by atoms with Crippen LogP contribution in [-0.2, 0) is 4.79 Å². The van der Waals surface area contributed by atoms with Crippen molar-refractivity contribution in [1.29, 1.82) is 0 Å². The van der Waals surface area contributed by atoms with E-state index in [0.717, 1.165) is 0 Å². The minimum Gasteiger partial charge on any atom is -0.512 e. The molecular weight excluding hydrogens is 273 g/mol. The Morgan fingerprint density at radius 3 is 2.78 bits per heavy atom. The van der Waals surface area contributed by atoms with Gasteiger partial charge in [-0.1, -0.05) is 29.3 Å². The molecule has 0 atom stereocenters. The number of halogens is 2. The number of aliphatic hydroxyl groups is 1. The predicted molar refractivity (Wildman–Crippen MR) is 73.1 cm³/mol. The maximum absolute atomic E-state index is 11.6. The van der Waals surface area contributed by atoms with Gasteiger partial charge in [0.15, 0.2) is 5.78 Å². The first kappa shape index (κ1) is 13.1. The van der Waals surface area contributed by atoms with E-state index in [1.165, 1.54) is 6.21 Å². The second-order valence-electron chi connectivity index (χ2n) is 3.97. The third-order valence-electron chi connectivity index (χ3n) is 2.69. The Labute approximate surface area is 115 Å². The van der Waals surface area contributed by atoms with E-state index >= 15 is 0 Å². The van der Waals surface area contributed by atoms with Gasteiger partial charge in [0.1, 0.15) is 5.76 Å². The van der Waals surface area contributed by atoms with Crippen molar-refractivity contribution < 1.29 is 9.90 Å². The van der Waals surface area contributed by atoms with Crippen LogP contribution < -0.4 is 0 Å². The van der Waals surface area contributed by atoms with Crippen LogP contribution in [0.2, 0.25) is 10.0 Å². The summed E-state index contributed by atoms with van der Waals surface area (Å²) >= 11 is 11.8. The Hall–Kier alpha value is -1.32. The highest BCUT2D eigenvalue weighted by atomic mass is 35.5. The molecule has 1 aliphatic carbocycles. The molecule has 0 aromatic heterocycles. The first-order chi connectivity index (χ1) is 8.59. The molecule has 1 aromatic carbocycles. The Morgan fingerprint density at radius 1 is 1.28 bits per heavy atom. The lowest BCUT2D eigenvalue weighted by Gasteiger charge is -2.11. The van der Waals surface area contributed by atoms with Gasteiger partial charge in [0, 0.05) is 19.1 Å². The zero-order valence-electron chi connectivity index (χ0n) is 9.49. The summed E-state index contributed by atoms with van der Waals surface area (Å²) in [6.07, 6.45) is 2.99. The van der Waals surface area contributed by atoms with Gasteiger partial charge in [0.2, 0.25) is 0 Å². The van der Waals surface area contributed by atoms with Crippen LogP contribution in [0.1, 0.15) is 19.3 Å². The summed E-state index contributed by atoms with van der Waals surface area (Å²) < 4.78 is 0. The van der Waals surface area contributed by atoms with Gasteiger partial charge in [-0.05, 0) is 18.6 Å². The molecule has 0 radical (unpaired) electrons. The van der Waals surface area contributed by atoms with Crippen LogP contribution in [0.4, 0.5) is 5.69 Å². The highest BCUT2D eigenvalue weighted by Crippen LogP contribution is 2.31. The van der Waals surface area contributed by atoms with E-state index in [-0.39, 0.29) is 17.1 Å². The average Bonchev–Trinajstić information content (AvgIpc) is 2.33. The van der Waals surface area contributed by atoms with E-state index in [1.807, 2.05) is 0 Å². The molecule has 3 nitrogen and oxygen atoms in total. The monoisotopic (exact) mass is 283 g/mol. The summed E-state index contributed by atoms with van der Waals surface area (Å²) in [6, 6.07) is 5.07. The molecule has 0 heterocycles. The Bertz CT molecular complexity index is 550. The molecule has 0 saturated heterocycles. The maximum Gasteiger partial charge on any atom is 0.167 e. The summed E-state index contributed by atoms with van der Waals surface area (Å²) in [5.74, 6) is -0.00574. The lowest BCUT2D eigenvalue weighted by Crippen LogP contribution is -2.12. The molecule has 1 N–H and O–H groups in total. The van der Waals surface area contributed by atoms with Crippen LogP contribution in [0.25, 0.3) is 0 Å². The number of ketones is 1. The molecule has 0 fully saturated rings. The molecule has 0 saturated carbocycles. The molecule has 0 amide bonds. The third kappa shape index (κ3) is 2.74. The number of aliphatic hydroxyl groups excluding tert-OH is 1. The number of nitrogens with zero attached hydrogens (tertiary/aromatic N) is 1. The molecule has 2 rings (SSSR count). The average molecular weight is 284 g/mol. The summed E-state index contributed by atoms with van der Waals surface area (Å²) in [5.41, 5.74) is 0.736. The second kappa shape index (κ2) is 5.55. The number of Topliss-reactive ketones (excluding diaryl/α,β-unsaturated/α-hetero) is 1. The zero-order valence-corrected chi connectivity index (χ0v) is 11.0. The van der Waals surface area contributed by atoms with Gasteiger partial charge in [-0.15, -0.1) is 0 Å². The second-order valence-corrected chi connectivity index (χ2v) is 4.75. The number of aliphatic imine (C=N–C) groups is 1. The Morgan fingerprint density at radius 2 is 2.06 bits per heavy atom. The molecule has 0 spiro atoms. The number of benzene rings is 1. The first-order valence-corrected chi connectivity index (χ1v) is 6.28. The number of hydrogen-bond donors (Lipinski definition) is 1. The Balaban J connectivity index is 2.31. The molecule has 18 heavy (non-hydrogen) atoms. The van der Waals surface area contributed by atoms with Crippen molar-refractivity contribution in [2.45, 2.75) is 19.3 Å². The summed E-state index contributed by atoms with van der Waals surface area (Å²) in [4.78, 5) is 15.7. The van der Waals surface area contributed by atoms with Crippen LogP contribution in [0.15, 0.2) is 34.5 Å². The fraction of sp³-hybridized carbons (Fsp3) is 0.231. The van der Waals surface area contributed by atoms with E-state index in [9.17, 15) is 9.90 Å². The molecular formula is C13H11Cl2NO2. The zero-order chi connectivity index (χ0) is 13.1. The number of rotatable bonds is 2. The first-order valence-electron chi connectivity index (χ1n) is 5.53. The van der Waals surface area contributed by atoms with Gasteiger partial charge < -0.3 is 5.11 Å². The van der Waals surface area contributed by atoms with Crippen LogP contribution >= 0.6 is 23.2 Å². The van der Waals surface area contributed by atoms with E-state index < -0.39 is 0 Å². The minimum atomic E-state index is -0.0966. The lowest BCUT2D eigenvalue weighted by molar-refractivity contribution is -0.115. The third-order valence-corrected chi connectivity index (χ3v) is 3.50. The summed E-state index contributed by atoms with van der Waals surface area (Å²) in [7, 11) is 0. The van der Waals surface area contributed by atoms with Gasteiger partial charge in [-0.2, -0.15) is 0 Å². The van der Waals surface area contributed by atoms with Crippen molar-refractivity contribution in [2.24, 2.45) is 4.99 Å². The highest BCUT2D eigenvalue weighted by Gasteiger charge is 2.18. The lowest BCUT2D eigenvalue weighted by atomic mass is 9.97. The highest BCUT2D eigenvalue weighted by molar-refractivity contribution is 6.43. The molecule has 5 heteroatoms. The molecule has 94 valence electrons. The van der Waals surface area contributed by atoms with E-state index in [1.54, 1.807) is 18.2 Å². The topological polar surface area (TPSA) is 49.7 Å². The predicted octanol–water partition coefficient (Wildman–Crippen LogP) is 4.26. The van der Waals surface area contributed by atoms with Crippen LogP contribution in [0.5, 0.6) is 0 Å². The maximum atomic E-state index is 11.6. The molecule has 1 aliphatic rings. The fourth-order valence-electron chi connectivity index (χ4n) is 1.72. The number of hydrogen-bond acceptors (Lipinski definition) is 3. The van der Waals surface area contributed by atoms with Crippen molar-refractivity contribution in [3.63, 3.8) is 0 Å². The number of carbonyl (C=O) groups is 1. The molecule has 1 aromatic rings. The van der Waals surface area contributed by atoms with Gasteiger partial charge in [0.05, 0.1) is 21.3 Å². The summed E-state index contributed by atoms with van der Waals surface area (Å²) in [6.45, 7) is 0. The van der Waals surface area contributed by atoms with Crippen LogP contribution in [0.3, 0.4) is 0 Å². The number of allylic oxidation sites excluding steroid dienone is 2. The van der Waals surface area contributed by atoms with Crippen LogP contribution in [0, 0.1) is 0 Å². The van der Waals surface area contributed by atoms with Crippen molar-refractivity contribution >= 4 is 40.9 Å². The van der Waals surface area contributed by atoms with Gasteiger partial charge >= 0.3 is 0 Å². The van der Waals surface area contributed by atoms with Crippen molar-refractivity contribution in [2.75, 3.05) is 0 Å². The van der Waals surface area contributed by atoms with E-state index in [2.05, 4.69) is 4.99 Å². The van der Waals surface area contributed by atoms with Crippen molar-refractivity contribution in [3.8, 4) is 0 Å². The van der Waals surface area contributed by atoms with Crippen molar-refractivity contribution in [1.82, 2.24) is 0 Å². The normalized spacial score (nSPS) is 16.7. The number of carbonyl (C=O) groups excluding carboxylic acids is 1. The van der Waals surface area contributed by atoms with E-state index in [4.69, 9.17) is 23.2 Å². The smallest absolute Gasteiger partial charge is 0.167 e. The molecule has 0 bridgehead atoms. The van der Waals surface area contributed by atoms with Crippen LogP contribution in [-0.4, -0.2) is 17.1 Å². The molecule has 0 aliphatic heterocycles. The standard InChI is InChI=1S/C13H11Cl2NO2/c14-9-3-1-4-10(13(9)15)16-7-8-11(17)5-2-6-12(8)18/h1,3-4,7,17H,2,5-6H2. The quantitative estimate of drug-likeness (QED) is 0.825.